The van der Waals surface area contributed by atoms with E-state index in [1.54, 1.807) is 30.3 Å². The maximum Gasteiger partial charge on any atom is 0.267 e. The van der Waals surface area contributed by atoms with Crippen LogP contribution < -0.4 is 10.9 Å². The van der Waals surface area contributed by atoms with Gasteiger partial charge in [-0.3, -0.25) is 4.79 Å². The molecule has 0 amide bonds. The number of anilines is 2. The van der Waals surface area contributed by atoms with E-state index < -0.39 is 17.2 Å². The molecule has 2 heterocycles. The number of pyridine rings is 1. The lowest BCUT2D eigenvalue weighted by Gasteiger charge is -2.14. The zero-order valence-corrected chi connectivity index (χ0v) is 13.4. The van der Waals surface area contributed by atoms with Crippen LogP contribution in [-0.2, 0) is 0 Å². The Morgan fingerprint density at radius 3 is 2.54 bits per heavy atom. The van der Waals surface area contributed by atoms with Gasteiger partial charge in [-0.25, -0.2) is 23.3 Å². The second kappa shape index (κ2) is 6.36. The number of halogens is 2. The van der Waals surface area contributed by atoms with Gasteiger partial charge >= 0.3 is 0 Å². The van der Waals surface area contributed by atoms with Gasteiger partial charge in [0, 0.05) is 6.20 Å². The van der Waals surface area contributed by atoms with Crippen molar-refractivity contribution in [2.24, 2.45) is 0 Å². The van der Waals surface area contributed by atoms with E-state index in [4.69, 9.17) is 0 Å². The molecule has 0 saturated heterocycles. The van der Waals surface area contributed by atoms with Crippen molar-refractivity contribution in [1.82, 2.24) is 14.5 Å². The zero-order valence-electron chi connectivity index (χ0n) is 13.4. The Morgan fingerprint density at radius 1 is 0.962 bits per heavy atom. The molecule has 0 aliphatic rings. The van der Waals surface area contributed by atoms with E-state index in [2.05, 4.69) is 15.3 Å². The minimum absolute atomic E-state index is 0.0643. The first-order valence-electron chi connectivity index (χ1n) is 7.79. The van der Waals surface area contributed by atoms with Crippen LogP contribution in [0.4, 0.5) is 20.5 Å². The quantitative estimate of drug-likeness (QED) is 0.610. The lowest BCUT2D eigenvalue weighted by atomic mass is 10.2. The van der Waals surface area contributed by atoms with Gasteiger partial charge < -0.3 is 5.32 Å². The Balaban J connectivity index is 2.00. The van der Waals surface area contributed by atoms with Crippen molar-refractivity contribution in [3.8, 4) is 5.69 Å². The highest BCUT2D eigenvalue weighted by atomic mass is 19.1. The summed E-state index contributed by atoms with van der Waals surface area (Å²) < 4.78 is 28.8. The van der Waals surface area contributed by atoms with Crippen LogP contribution in [0, 0.1) is 11.6 Å². The summed E-state index contributed by atoms with van der Waals surface area (Å²) >= 11 is 0. The predicted molar refractivity (Wildman–Crippen MR) is 94.8 cm³/mol. The molecular weight excluding hydrogens is 338 g/mol. The number of benzene rings is 2. The summed E-state index contributed by atoms with van der Waals surface area (Å²) in [6, 6.07) is 15.2. The van der Waals surface area contributed by atoms with Crippen LogP contribution in [0.2, 0.25) is 0 Å². The van der Waals surface area contributed by atoms with Gasteiger partial charge in [0.2, 0.25) is 5.95 Å². The summed E-state index contributed by atoms with van der Waals surface area (Å²) in [6.45, 7) is 0. The van der Waals surface area contributed by atoms with E-state index >= 15 is 0 Å². The Labute approximate surface area is 146 Å². The van der Waals surface area contributed by atoms with Gasteiger partial charge in [-0.2, -0.15) is 0 Å². The molecule has 0 aliphatic heterocycles. The third kappa shape index (κ3) is 2.79. The molecule has 2 aromatic heterocycles. The average molecular weight is 350 g/mol. The molecule has 0 spiro atoms. The predicted octanol–water partition coefficient (Wildman–Crippen LogP) is 3.80. The maximum atomic E-state index is 14.0. The van der Waals surface area contributed by atoms with Crippen LogP contribution in [0.5, 0.6) is 0 Å². The summed E-state index contributed by atoms with van der Waals surface area (Å²) in [5, 5.41) is 2.88. The molecule has 7 heteroatoms. The number of rotatable bonds is 3. The van der Waals surface area contributed by atoms with Crippen LogP contribution in [0.3, 0.4) is 0 Å². The van der Waals surface area contributed by atoms with Crippen LogP contribution in [-0.4, -0.2) is 14.5 Å². The monoisotopic (exact) mass is 350 g/mol. The molecule has 5 nitrogen and oxygen atoms in total. The second-order valence-electron chi connectivity index (χ2n) is 5.53. The third-order valence-electron chi connectivity index (χ3n) is 3.83. The Hall–Kier alpha value is -3.61. The number of fused-ring (bicyclic) bond motifs is 1. The summed E-state index contributed by atoms with van der Waals surface area (Å²) in [6.07, 6.45) is 1.42. The van der Waals surface area contributed by atoms with Gasteiger partial charge in [-0.05, 0) is 42.5 Å². The standard InChI is InChI=1S/C19H12F2N4O/c20-12-8-9-16-14(11-12)18(26)25(13-5-2-1-3-6-13)19(23-16)24-17-15(21)7-4-10-22-17/h1-11H,(H,22,23,24). The second-order valence-corrected chi connectivity index (χ2v) is 5.53. The molecule has 26 heavy (non-hydrogen) atoms. The fourth-order valence-corrected chi connectivity index (χ4v) is 2.64. The lowest BCUT2D eigenvalue weighted by molar-refractivity contribution is 0.626. The summed E-state index contributed by atoms with van der Waals surface area (Å²) in [4.78, 5) is 21.3. The molecule has 1 N–H and O–H groups in total. The number of nitrogens with one attached hydrogen (secondary N) is 1. The molecule has 128 valence electrons. The van der Waals surface area contributed by atoms with Crippen molar-refractivity contribution >= 4 is 22.7 Å². The van der Waals surface area contributed by atoms with E-state index in [9.17, 15) is 13.6 Å². The average Bonchev–Trinajstić information content (AvgIpc) is 2.65. The highest BCUT2D eigenvalue weighted by molar-refractivity contribution is 5.80. The molecular formula is C19H12F2N4O. The van der Waals surface area contributed by atoms with E-state index in [1.165, 1.54) is 35.0 Å². The fraction of sp³-hybridized carbons (Fsp3) is 0. The van der Waals surface area contributed by atoms with Crippen molar-refractivity contribution in [2.75, 3.05) is 5.32 Å². The summed E-state index contributed by atoms with van der Waals surface area (Å²) in [5.74, 6) is -1.10. The van der Waals surface area contributed by atoms with Crippen molar-refractivity contribution in [3.63, 3.8) is 0 Å². The molecule has 2 aromatic carbocycles. The first-order valence-corrected chi connectivity index (χ1v) is 7.79. The van der Waals surface area contributed by atoms with Crippen LogP contribution in [0.1, 0.15) is 0 Å². The molecule has 0 aliphatic carbocycles. The molecule has 0 atom stereocenters. The first-order chi connectivity index (χ1) is 12.6. The lowest BCUT2D eigenvalue weighted by Crippen LogP contribution is -2.23. The SMILES string of the molecule is O=c1c2cc(F)ccc2nc(Nc2ncccc2F)n1-c1ccccc1. The van der Waals surface area contributed by atoms with Crippen molar-refractivity contribution in [3.05, 3.63) is 88.8 Å². The van der Waals surface area contributed by atoms with E-state index in [0.717, 1.165) is 6.07 Å². The molecule has 0 radical (unpaired) electrons. The van der Waals surface area contributed by atoms with Gasteiger partial charge in [0.1, 0.15) is 5.82 Å². The third-order valence-corrected chi connectivity index (χ3v) is 3.83. The first kappa shape index (κ1) is 15.9. The van der Waals surface area contributed by atoms with Crippen LogP contribution in [0.25, 0.3) is 16.6 Å². The number of hydrogen-bond acceptors (Lipinski definition) is 4. The van der Waals surface area contributed by atoms with Crippen molar-refractivity contribution in [1.29, 1.82) is 0 Å². The normalized spacial score (nSPS) is 10.8. The Bertz CT molecular complexity index is 1160. The number of aromatic nitrogens is 3. The number of nitrogens with zero attached hydrogens (tertiary/aromatic N) is 3. The minimum atomic E-state index is -0.583. The van der Waals surface area contributed by atoms with Crippen molar-refractivity contribution < 1.29 is 8.78 Å². The van der Waals surface area contributed by atoms with Crippen molar-refractivity contribution in [2.45, 2.75) is 0 Å². The molecule has 0 saturated carbocycles. The molecule has 4 aromatic rings. The highest BCUT2D eigenvalue weighted by Gasteiger charge is 2.15. The Kier molecular flexibility index (Phi) is 3.89. The van der Waals surface area contributed by atoms with E-state index in [-0.39, 0.29) is 17.2 Å². The van der Waals surface area contributed by atoms with Gasteiger partial charge in [0.25, 0.3) is 5.56 Å². The molecule has 4 rings (SSSR count). The molecule has 0 unspecified atom stereocenters. The Morgan fingerprint density at radius 2 is 1.77 bits per heavy atom. The van der Waals surface area contributed by atoms with E-state index in [0.29, 0.717) is 11.2 Å². The maximum absolute atomic E-state index is 14.0. The van der Waals surface area contributed by atoms with Gasteiger partial charge in [0.05, 0.1) is 16.6 Å². The van der Waals surface area contributed by atoms with Crippen LogP contribution in [0.15, 0.2) is 71.7 Å². The highest BCUT2D eigenvalue weighted by Crippen LogP contribution is 2.21. The van der Waals surface area contributed by atoms with Gasteiger partial charge in [0.15, 0.2) is 11.6 Å². The molecule has 0 fully saturated rings. The zero-order chi connectivity index (χ0) is 18.1. The van der Waals surface area contributed by atoms with E-state index in [1.807, 2.05) is 0 Å². The van der Waals surface area contributed by atoms with Crippen LogP contribution >= 0.6 is 0 Å². The van der Waals surface area contributed by atoms with Gasteiger partial charge in [-0.1, -0.05) is 18.2 Å². The topological polar surface area (TPSA) is 59.8 Å². The van der Waals surface area contributed by atoms with Gasteiger partial charge in [-0.15, -0.1) is 0 Å². The smallest absolute Gasteiger partial charge is 0.267 e. The fourth-order valence-electron chi connectivity index (χ4n) is 2.64. The minimum Gasteiger partial charge on any atom is -0.307 e. The summed E-state index contributed by atoms with van der Waals surface area (Å²) in [7, 11) is 0. The molecule has 0 bridgehead atoms. The largest absolute Gasteiger partial charge is 0.307 e. The number of para-hydroxylation sites is 1. The summed E-state index contributed by atoms with van der Waals surface area (Å²) in [5.41, 5.74) is 0.331. The number of hydrogen-bond donors (Lipinski definition) is 1.